The smallest absolute Gasteiger partial charge is 0.253 e. The van der Waals surface area contributed by atoms with E-state index in [-0.39, 0.29) is 35.8 Å². The van der Waals surface area contributed by atoms with Crippen molar-refractivity contribution >= 4 is 17.7 Å². The lowest BCUT2D eigenvalue weighted by molar-refractivity contribution is -0.138. The van der Waals surface area contributed by atoms with Gasteiger partial charge in [0.1, 0.15) is 0 Å². The van der Waals surface area contributed by atoms with E-state index in [2.05, 4.69) is 16.2 Å². The van der Waals surface area contributed by atoms with Crippen LogP contribution < -0.4 is 28.4 Å². The van der Waals surface area contributed by atoms with Crippen molar-refractivity contribution in [2.75, 3.05) is 0 Å². The second-order valence-electron chi connectivity index (χ2n) is 6.64. The molecule has 0 fully saturated rings. The zero-order valence-corrected chi connectivity index (χ0v) is 17.8. The van der Waals surface area contributed by atoms with Crippen molar-refractivity contribution in [2.45, 2.75) is 73.6 Å². The number of imide groups is 1. The van der Waals surface area contributed by atoms with E-state index in [1.807, 2.05) is 47.0 Å². The lowest BCUT2D eigenvalue weighted by Gasteiger charge is -2.17. The van der Waals surface area contributed by atoms with Crippen LogP contribution in [0.15, 0.2) is 12.2 Å². The summed E-state index contributed by atoms with van der Waals surface area (Å²) in [5, 5.41) is 0. The van der Waals surface area contributed by atoms with Crippen LogP contribution >= 0.6 is 0 Å². The molecule has 10 nitrogen and oxygen atoms in total. The number of hydrogen-bond acceptors (Lipinski definition) is 8. The topological polar surface area (TPSA) is 166 Å². The van der Waals surface area contributed by atoms with Crippen LogP contribution in [0.5, 0.6) is 0 Å². The van der Waals surface area contributed by atoms with E-state index in [1.54, 1.807) is 13.8 Å². The van der Waals surface area contributed by atoms with E-state index in [0.717, 1.165) is 0 Å². The Balaban J connectivity index is -0.000000300. The maximum atomic E-state index is 10.8. The molecule has 0 aromatic rings. The van der Waals surface area contributed by atoms with Gasteiger partial charge in [0.2, 0.25) is 5.91 Å². The van der Waals surface area contributed by atoms with Crippen molar-refractivity contribution in [1.29, 1.82) is 0 Å². The maximum absolute atomic E-state index is 10.8. The normalized spacial score (nSPS) is 12.5. The highest BCUT2D eigenvalue weighted by Crippen LogP contribution is 2.07. The van der Waals surface area contributed by atoms with Gasteiger partial charge in [0.05, 0.1) is 6.10 Å². The second-order valence-corrected chi connectivity index (χ2v) is 6.64. The Bertz CT molecular complexity index is 425. The van der Waals surface area contributed by atoms with Gasteiger partial charge in [-0.15, -0.1) is 0 Å². The summed E-state index contributed by atoms with van der Waals surface area (Å²) in [6, 6.07) is 0.380. The third kappa shape index (κ3) is 18.7. The van der Waals surface area contributed by atoms with Gasteiger partial charge in [0.25, 0.3) is 11.8 Å². The van der Waals surface area contributed by atoms with Gasteiger partial charge in [0, 0.05) is 30.2 Å². The van der Waals surface area contributed by atoms with Crippen LogP contribution in [0.25, 0.3) is 0 Å². The van der Waals surface area contributed by atoms with Gasteiger partial charge >= 0.3 is 0 Å². The molecule has 160 valence electrons. The standard InChI is InChI=1S/C7H9NO2.C4H10N2O.C3H10N2.C3H9NO/c1-5(2)8-6(9)3-4-7(8)10;1-3(2)4(7)6-5;2*1-3(2)5-4/h3-5H,1-2H3;3H,5H2,1-2H3,(H,6,7);3,5H,4H2,1-2H3;3H,4H2,1-2H3. The van der Waals surface area contributed by atoms with Gasteiger partial charge in [-0.3, -0.25) is 36.0 Å². The van der Waals surface area contributed by atoms with Crippen LogP contribution in [0.1, 0.15) is 55.4 Å². The van der Waals surface area contributed by atoms with E-state index >= 15 is 0 Å². The van der Waals surface area contributed by atoms with E-state index in [9.17, 15) is 14.4 Å². The van der Waals surface area contributed by atoms with Crippen molar-refractivity contribution in [3.8, 4) is 0 Å². The minimum atomic E-state index is -0.208. The molecule has 0 aliphatic carbocycles. The number of hydrogen-bond donors (Lipinski definition) is 5. The number of amides is 3. The maximum Gasteiger partial charge on any atom is 0.253 e. The zero-order chi connectivity index (χ0) is 22.2. The molecule has 0 aromatic carbocycles. The van der Waals surface area contributed by atoms with E-state index in [4.69, 9.17) is 11.7 Å². The number of nitrogens with one attached hydrogen (secondary N) is 2. The fourth-order valence-electron chi connectivity index (χ4n) is 1.09. The molecule has 0 atom stereocenters. The van der Waals surface area contributed by atoms with Gasteiger partial charge < -0.3 is 4.84 Å². The molecule has 8 N–H and O–H groups in total. The highest BCUT2D eigenvalue weighted by atomic mass is 16.6. The van der Waals surface area contributed by atoms with Crippen LogP contribution in [0.2, 0.25) is 0 Å². The number of nitrogens with zero attached hydrogens (tertiary/aromatic N) is 1. The average molecular weight is 391 g/mol. The first kappa shape index (κ1) is 29.9. The number of carbonyl (C=O) groups excluding carboxylic acids is 3. The number of nitrogens with two attached hydrogens (primary N) is 3. The van der Waals surface area contributed by atoms with E-state index < -0.39 is 0 Å². The Morgan fingerprint density at radius 1 is 0.963 bits per heavy atom. The van der Waals surface area contributed by atoms with Crippen molar-refractivity contribution in [2.24, 2.45) is 23.5 Å². The monoisotopic (exact) mass is 390 g/mol. The minimum absolute atomic E-state index is 0.00926. The summed E-state index contributed by atoms with van der Waals surface area (Å²) in [7, 11) is 0. The lowest BCUT2D eigenvalue weighted by Crippen LogP contribution is -2.36. The molecule has 0 saturated carbocycles. The largest absolute Gasteiger partial charge is 0.302 e. The summed E-state index contributed by atoms with van der Waals surface area (Å²) in [6.45, 7) is 14.9. The molecule has 0 spiro atoms. The molecule has 0 saturated heterocycles. The van der Waals surface area contributed by atoms with Crippen molar-refractivity contribution < 1.29 is 19.2 Å². The quantitative estimate of drug-likeness (QED) is 0.195. The molecule has 1 heterocycles. The fraction of sp³-hybridized carbons (Fsp3) is 0.706. The molecule has 27 heavy (non-hydrogen) atoms. The Hall–Kier alpha value is -1.85. The Morgan fingerprint density at radius 2 is 1.30 bits per heavy atom. The first-order valence-electron chi connectivity index (χ1n) is 8.72. The first-order chi connectivity index (χ1) is 12.3. The highest BCUT2D eigenvalue weighted by Gasteiger charge is 2.25. The van der Waals surface area contributed by atoms with E-state index in [1.165, 1.54) is 17.1 Å². The van der Waals surface area contributed by atoms with Gasteiger partial charge in [-0.2, -0.15) is 0 Å². The van der Waals surface area contributed by atoms with Crippen molar-refractivity contribution in [1.82, 2.24) is 15.8 Å². The molecule has 0 radical (unpaired) electrons. The van der Waals surface area contributed by atoms with Crippen LogP contribution in [0, 0.1) is 5.92 Å². The van der Waals surface area contributed by atoms with Gasteiger partial charge in [-0.05, 0) is 41.5 Å². The molecule has 1 aliphatic rings. The number of hydrazine groups is 2. The number of carbonyl (C=O) groups is 3. The molecule has 3 amide bonds. The predicted octanol–water partition coefficient (Wildman–Crippen LogP) is 0.0953. The van der Waals surface area contributed by atoms with Crippen LogP contribution in [0.4, 0.5) is 0 Å². The average Bonchev–Trinajstić information content (AvgIpc) is 2.94. The minimum Gasteiger partial charge on any atom is -0.302 e. The van der Waals surface area contributed by atoms with Crippen LogP contribution in [-0.4, -0.2) is 40.8 Å². The SMILES string of the molecule is CC(C)C(=O)NN.CC(C)N1C(=O)C=CC1=O.CC(C)NN.CC(C)ON. The summed E-state index contributed by atoms with van der Waals surface area (Å²) in [5.41, 5.74) is 4.55. The highest BCUT2D eigenvalue weighted by molar-refractivity contribution is 6.13. The molecule has 0 unspecified atom stereocenters. The van der Waals surface area contributed by atoms with E-state index in [0.29, 0.717) is 6.04 Å². The summed E-state index contributed by atoms with van der Waals surface area (Å²) < 4.78 is 0. The molecule has 10 heteroatoms. The van der Waals surface area contributed by atoms with Gasteiger partial charge in [0.15, 0.2) is 0 Å². The van der Waals surface area contributed by atoms with Crippen molar-refractivity contribution in [3.63, 3.8) is 0 Å². The second kappa shape index (κ2) is 17.6. The Labute approximate surface area is 162 Å². The first-order valence-corrected chi connectivity index (χ1v) is 8.72. The van der Waals surface area contributed by atoms with Crippen molar-refractivity contribution in [3.05, 3.63) is 12.2 Å². The molecular weight excluding hydrogens is 352 g/mol. The molecule has 0 bridgehead atoms. The van der Waals surface area contributed by atoms with Crippen LogP contribution in [-0.2, 0) is 19.2 Å². The van der Waals surface area contributed by atoms with Gasteiger partial charge in [-0.25, -0.2) is 11.7 Å². The third-order valence-electron chi connectivity index (χ3n) is 2.63. The summed E-state index contributed by atoms with van der Waals surface area (Å²) >= 11 is 0. The Morgan fingerprint density at radius 3 is 1.37 bits per heavy atom. The molecule has 1 aliphatic heterocycles. The Kier molecular flexibility index (Phi) is 19.4. The predicted molar refractivity (Wildman–Crippen MR) is 106 cm³/mol. The molecular formula is C17H38N6O4. The van der Waals surface area contributed by atoms with Crippen LogP contribution in [0.3, 0.4) is 0 Å². The fourth-order valence-corrected chi connectivity index (χ4v) is 1.09. The molecule has 0 aromatic heterocycles. The van der Waals surface area contributed by atoms with Gasteiger partial charge in [-0.1, -0.05) is 13.8 Å². The molecule has 1 rings (SSSR count). The number of rotatable bonds is 4. The lowest BCUT2D eigenvalue weighted by atomic mass is 10.2. The summed E-state index contributed by atoms with van der Waals surface area (Å²) in [6.07, 6.45) is 2.75. The summed E-state index contributed by atoms with van der Waals surface area (Å²) in [4.78, 5) is 37.4. The third-order valence-corrected chi connectivity index (χ3v) is 2.63. The zero-order valence-electron chi connectivity index (χ0n) is 17.8. The summed E-state index contributed by atoms with van der Waals surface area (Å²) in [5.74, 6) is 13.8.